The van der Waals surface area contributed by atoms with Crippen molar-refractivity contribution in [2.45, 2.75) is 38.6 Å². The standard InChI is InChI=1S/C18H27N3O3/c1-2-24-14-6-9-17(22)19-16-10-12-21(13-11-16)18(23)20-15-7-4-3-5-8-15/h3-5,7-8,16H,2,6,9-14H2,1H3,(H,19,22)(H,20,23). The predicted octanol–water partition coefficient (Wildman–Crippen LogP) is 2.62. The molecule has 0 aromatic heterocycles. The molecule has 0 atom stereocenters. The molecule has 0 spiro atoms. The molecule has 0 radical (unpaired) electrons. The highest BCUT2D eigenvalue weighted by atomic mass is 16.5. The molecule has 1 fully saturated rings. The van der Waals surface area contributed by atoms with Gasteiger partial charge in [-0.05, 0) is 38.3 Å². The van der Waals surface area contributed by atoms with Gasteiger partial charge in [0.1, 0.15) is 0 Å². The molecule has 1 aliphatic heterocycles. The van der Waals surface area contributed by atoms with Crippen LogP contribution in [0, 0.1) is 0 Å². The van der Waals surface area contributed by atoms with E-state index in [1.54, 1.807) is 4.90 Å². The zero-order valence-corrected chi connectivity index (χ0v) is 14.3. The Balaban J connectivity index is 1.65. The number of carbonyl (C=O) groups excluding carboxylic acids is 2. The summed E-state index contributed by atoms with van der Waals surface area (Å²) in [5, 5.41) is 5.94. The molecule has 0 unspecified atom stereocenters. The molecule has 1 aromatic carbocycles. The van der Waals surface area contributed by atoms with Gasteiger partial charge in [0.15, 0.2) is 0 Å². The number of likely N-dealkylation sites (tertiary alicyclic amines) is 1. The fourth-order valence-electron chi connectivity index (χ4n) is 2.73. The first-order valence-electron chi connectivity index (χ1n) is 8.67. The average Bonchev–Trinajstić information content (AvgIpc) is 2.60. The molecule has 6 nitrogen and oxygen atoms in total. The van der Waals surface area contributed by atoms with E-state index in [0.717, 1.165) is 24.9 Å². The summed E-state index contributed by atoms with van der Waals surface area (Å²) >= 11 is 0. The van der Waals surface area contributed by atoms with Crippen molar-refractivity contribution in [1.29, 1.82) is 0 Å². The molecule has 1 saturated heterocycles. The predicted molar refractivity (Wildman–Crippen MR) is 93.9 cm³/mol. The van der Waals surface area contributed by atoms with Crippen LogP contribution in [-0.4, -0.2) is 49.2 Å². The van der Waals surface area contributed by atoms with Crippen molar-refractivity contribution in [3.8, 4) is 0 Å². The highest BCUT2D eigenvalue weighted by Gasteiger charge is 2.23. The first-order chi connectivity index (χ1) is 11.7. The van der Waals surface area contributed by atoms with Gasteiger partial charge in [0.05, 0.1) is 0 Å². The minimum absolute atomic E-state index is 0.0712. The number of rotatable bonds is 7. The fourth-order valence-corrected chi connectivity index (χ4v) is 2.73. The summed E-state index contributed by atoms with van der Waals surface area (Å²) in [7, 11) is 0. The first kappa shape index (κ1) is 18.3. The van der Waals surface area contributed by atoms with E-state index >= 15 is 0 Å². The molecule has 1 aliphatic rings. The van der Waals surface area contributed by atoms with Crippen molar-refractivity contribution in [3.63, 3.8) is 0 Å². The number of nitrogens with zero attached hydrogens (tertiary/aromatic N) is 1. The van der Waals surface area contributed by atoms with Crippen molar-refractivity contribution in [2.24, 2.45) is 0 Å². The average molecular weight is 333 g/mol. The van der Waals surface area contributed by atoms with Gasteiger partial charge in [0.2, 0.25) is 5.91 Å². The summed E-state index contributed by atoms with van der Waals surface area (Å²) in [6.45, 7) is 4.57. The number of hydrogen-bond acceptors (Lipinski definition) is 3. The lowest BCUT2D eigenvalue weighted by molar-refractivity contribution is -0.122. The van der Waals surface area contributed by atoms with Crippen molar-refractivity contribution < 1.29 is 14.3 Å². The molecule has 24 heavy (non-hydrogen) atoms. The molecular formula is C18H27N3O3. The molecule has 1 aromatic rings. The maximum Gasteiger partial charge on any atom is 0.321 e. The van der Waals surface area contributed by atoms with E-state index in [1.165, 1.54) is 0 Å². The van der Waals surface area contributed by atoms with Gasteiger partial charge in [-0.3, -0.25) is 4.79 Å². The van der Waals surface area contributed by atoms with Crippen LogP contribution in [0.5, 0.6) is 0 Å². The summed E-state index contributed by atoms with van der Waals surface area (Å²) < 4.78 is 5.23. The first-order valence-corrected chi connectivity index (χ1v) is 8.67. The highest BCUT2D eigenvalue weighted by Crippen LogP contribution is 2.13. The Hall–Kier alpha value is -2.08. The van der Waals surface area contributed by atoms with Crippen molar-refractivity contribution in [2.75, 3.05) is 31.6 Å². The van der Waals surface area contributed by atoms with Crippen LogP contribution >= 0.6 is 0 Å². The van der Waals surface area contributed by atoms with Crippen LogP contribution in [-0.2, 0) is 9.53 Å². The lowest BCUT2D eigenvalue weighted by Crippen LogP contribution is -2.47. The van der Waals surface area contributed by atoms with Gasteiger partial charge in [-0.25, -0.2) is 4.79 Å². The minimum Gasteiger partial charge on any atom is -0.382 e. The van der Waals surface area contributed by atoms with Gasteiger partial charge in [-0.15, -0.1) is 0 Å². The lowest BCUT2D eigenvalue weighted by Gasteiger charge is -2.32. The normalized spacial score (nSPS) is 15.1. The number of nitrogens with one attached hydrogen (secondary N) is 2. The van der Waals surface area contributed by atoms with E-state index in [4.69, 9.17) is 4.74 Å². The second-order valence-electron chi connectivity index (χ2n) is 5.93. The smallest absolute Gasteiger partial charge is 0.321 e. The van der Waals surface area contributed by atoms with Crippen LogP contribution in [0.2, 0.25) is 0 Å². The summed E-state index contributed by atoms with van der Waals surface area (Å²) in [5.41, 5.74) is 0.798. The second-order valence-corrected chi connectivity index (χ2v) is 5.93. The number of urea groups is 1. The van der Waals surface area contributed by atoms with Crippen LogP contribution in [0.4, 0.5) is 10.5 Å². The molecule has 0 aliphatic carbocycles. The maximum absolute atomic E-state index is 12.2. The molecule has 132 valence electrons. The number of hydrogen-bond donors (Lipinski definition) is 2. The summed E-state index contributed by atoms with van der Waals surface area (Å²) in [5.74, 6) is 0.0712. The number of piperidine rings is 1. The summed E-state index contributed by atoms with van der Waals surface area (Å²) in [4.78, 5) is 25.9. The monoisotopic (exact) mass is 333 g/mol. The van der Waals surface area contributed by atoms with Crippen LogP contribution in [0.3, 0.4) is 0 Å². The molecule has 1 heterocycles. The van der Waals surface area contributed by atoms with Gasteiger partial charge in [-0.2, -0.15) is 0 Å². The van der Waals surface area contributed by atoms with E-state index in [1.807, 2.05) is 37.3 Å². The van der Waals surface area contributed by atoms with Crippen molar-refractivity contribution in [3.05, 3.63) is 30.3 Å². The van der Waals surface area contributed by atoms with Crippen molar-refractivity contribution in [1.82, 2.24) is 10.2 Å². The van der Waals surface area contributed by atoms with Crippen LogP contribution < -0.4 is 10.6 Å². The van der Waals surface area contributed by atoms with Gasteiger partial charge < -0.3 is 20.3 Å². The zero-order valence-electron chi connectivity index (χ0n) is 14.3. The lowest BCUT2D eigenvalue weighted by atomic mass is 10.1. The second kappa shape index (κ2) is 9.93. The van der Waals surface area contributed by atoms with Crippen molar-refractivity contribution >= 4 is 17.6 Å². The SMILES string of the molecule is CCOCCCC(=O)NC1CCN(C(=O)Nc2ccccc2)CC1. The maximum atomic E-state index is 12.2. The molecule has 2 rings (SSSR count). The topological polar surface area (TPSA) is 70.7 Å². The Labute approximate surface area is 143 Å². The summed E-state index contributed by atoms with van der Waals surface area (Å²) in [6, 6.07) is 9.51. The van der Waals surface area contributed by atoms with Crippen LogP contribution in [0.1, 0.15) is 32.6 Å². The third-order valence-electron chi connectivity index (χ3n) is 4.07. The Morgan fingerprint density at radius 2 is 1.92 bits per heavy atom. The highest BCUT2D eigenvalue weighted by molar-refractivity contribution is 5.89. The third kappa shape index (κ3) is 6.20. The Bertz CT molecular complexity index is 514. The number of carbonyl (C=O) groups is 2. The van der Waals surface area contributed by atoms with E-state index in [0.29, 0.717) is 32.7 Å². The van der Waals surface area contributed by atoms with Crippen LogP contribution in [0.25, 0.3) is 0 Å². The molecule has 2 N–H and O–H groups in total. The molecule has 0 saturated carbocycles. The van der Waals surface area contributed by atoms with Gasteiger partial charge >= 0.3 is 6.03 Å². The van der Waals surface area contributed by atoms with Crippen LogP contribution in [0.15, 0.2) is 30.3 Å². The van der Waals surface area contributed by atoms with E-state index in [2.05, 4.69) is 10.6 Å². The Morgan fingerprint density at radius 3 is 2.58 bits per heavy atom. The molecule has 6 heteroatoms. The van der Waals surface area contributed by atoms with Gasteiger partial charge in [0.25, 0.3) is 0 Å². The van der Waals surface area contributed by atoms with E-state index in [9.17, 15) is 9.59 Å². The number of benzene rings is 1. The van der Waals surface area contributed by atoms with Gasteiger partial charge in [0, 0.05) is 44.5 Å². The summed E-state index contributed by atoms with van der Waals surface area (Å²) in [6.07, 6.45) is 2.82. The zero-order chi connectivity index (χ0) is 17.2. The fraction of sp³-hybridized carbons (Fsp3) is 0.556. The number of anilines is 1. The third-order valence-corrected chi connectivity index (χ3v) is 4.07. The molecule has 3 amide bonds. The molecular weight excluding hydrogens is 306 g/mol. The number of para-hydroxylation sites is 1. The Kier molecular flexibility index (Phi) is 7.55. The number of amides is 3. The Morgan fingerprint density at radius 1 is 1.21 bits per heavy atom. The number of ether oxygens (including phenoxy) is 1. The largest absolute Gasteiger partial charge is 0.382 e. The quantitative estimate of drug-likeness (QED) is 0.754. The molecule has 0 bridgehead atoms. The minimum atomic E-state index is -0.0808. The van der Waals surface area contributed by atoms with E-state index in [-0.39, 0.29) is 18.0 Å². The van der Waals surface area contributed by atoms with Gasteiger partial charge in [-0.1, -0.05) is 18.2 Å². The van der Waals surface area contributed by atoms with E-state index < -0.39 is 0 Å².